The molecular weight excluding hydrogens is 276 g/mol. The van der Waals surface area contributed by atoms with Gasteiger partial charge < -0.3 is 16.2 Å². The second-order valence-corrected chi connectivity index (χ2v) is 5.09. The summed E-state index contributed by atoms with van der Waals surface area (Å²) in [7, 11) is 0. The first-order valence-electron chi connectivity index (χ1n) is 6.73. The highest BCUT2D eigenvalue weighted by Crippen LogP contribution is 2.12. The molecule has 0 saturated heterocycles. The third-order valence-electron chi connectivity index (χ3n) is 3.51. The molecule has 0 radical (unpaired) electrons. The molecule has 4 nitrogen and oxygen atoms in total. The Balaban J connectivity index is 0.00000361. The number of carbonyl (C=O) groups is 1. The van der Waals surface area contributed by atoms with Crippen LogP contribution in [0.15, 0.2) is 24.3 Å². The van der Waals surface area contributed by atoms with E-state index in [0.717, 1.165) is 17.5 Å². The smallest absolute Gasteiger partial charge is 0.241 e. The minimum atomic E-state index is -0.690. The summed E-state index contributed by atoms with van der Waals surface area (Å²) in [6, 6.07) is 6.87. The van der Waals surface area contributed by atoms with Gasteiger partial charge >= 0.3 is 0 Å². The number of hydrogen-bond acceptors (Lipinski definition) is 3. The Kier molecular flexibility index (Phi) is 8.46. The van der Waals surface area contributed by atoms with E-state index >= 15 is 0 Å². The highest BCUT2D eigenvalue weighted by atomic mass is 35.5. The van der Waals surface area contributed by atoms with Gasteiger partial charge in [0.25, 0.3) is 0 Å². The fraction of sp³-hybridized carbons (Fsp3) is 0.533. The first kappa shape index (κ1) is 18.9. The standard InChI is InChI=1S/C15H24N2O2.ClH/c1-4-11(3)13(18)9-17-15(19)14(16)12-7-5-10(2)6-8-12;/h5-8,11,13-14,18H,4,9,16H2,1-3H3,(H,17,19);1H. The van der Waals surface area contributed by atoms with Crippen molar-refractivity contribution < 1.29 is 9.90 Å². The molecule has 0 heterocycles. The Morgan fingerprint density at radius 2 is 1.90 bits per heavy atom. The van der Waals surface area contributed by atoms with Crippen LogP contribution in [0.3, 0.4) is 0 Å². The van der Waals surface area contributed by atoms with E-state index in [1.807, 2.05) is 45.0 Å². The van der Waals surface area contributed by atoms with Crippen molar-refractivity contribution in [2.75, 3.05) is 6.54 Å². The lowest BCUT2D eigenvalue weighted by molar-refractivity contribution is -0.123. The van der Waals surface area contributed by atoms with Crippen LogP contribution < -0.4 is 11.1 Å². The van der Waals surface area contributed by atoms with Crippen molar-refractivity contribution in [3.05, 3.63) is 35.4 Å². The third kappa shape index (κ3) is 5.49. The number of aliphatic hydroxyl groups excluding tert-OH is 1. The summed E-state index contributed by atoms with van der Waals surface area (Å²) in [5.74, 6) is -0.0953. The third-order valence-corrected chi connectivity index (χ3v) is 3.51. The van der Waals surface area contributed by atoms with Crippen LogP contribution in [0.5, 0.6) is 0 Å². The van der Waals surface area contributed by atoms with Gasteiger partial charge in [-0.3, -0.25) is 4.79 Å². The number of hydrogen-bond donors (Lipinski definition) is 3. The lowest BCUT2D eigenvalue weighted by Crippen LogP contribution is -2.40. The second-order valence-electron chi connectivity index (χ2n) is 5.09. The molecule has 1 rings (SSSR count). The SMILES string of the molecule is CCC(C)C(O)CNC(=O)C(N)c1ccc(C)cc1.Cl. The fourth-order valence-electron chi connectivity index (χ4n) is 1.71. The Labute approximate surface area is 127 Å². The highest BCUT2D eigenvalue weighted by molar-refractivity contribution is 5.85. The summed E-state index contributed by atoms with van der Waals surface area (Å²) in [4.78, 5) is 11.9. The topological polar surface area (TPSA) is 75.3 Å². The van der Waals surface area contributed by atoms with Gasteiger partial charge in [-0.2, -0.15) is 0 Å². The maximum Gasteiger partial charge on any atom is 0.241 e. The van der Waals surface area contributed by atoms with Crippen molar-refractivity contribution in [3.63, 3.8) is 0 Å². The zero-order valence-electron chi connectivity index (χ0n) is 12.3. The lowest BCUT2D eigenvalue weighted by Gasteiger charge is -2.19. The van der Waals surface area contributed by atoms with E-state index in [9.17, 15) is 9.90 Å². The quantitative estimate of drug-likeness (QED) is 0.751. The van der Waals surface area contributed by atoms with Crippen molar-refractivity contribution in [2.45, 2.75) is 39.3 Å². The molecule has 1 aromatic rings. The minimum absolute atomic E-state index is 0. The zero-order chi connectivity index (χ0) is 14.4. The number of halogens is 1. The Morgan fingerprint density at radius 3 is 2.40 bits per heavy atom. The van der Waals surface area contributed by atoms with Crippen molar-refractivity contribution in [3.8, 4) is 0 Å². The van der Waals surface area contributed by atoms with E-state index < -0.39 is 12.1 Å². The van der Waals surface area contributed by atoms with E-state index in [1.165, 1.54) is 0 Å². The summed E-state index contributed by atoms with van der Waals surface area (Å²) in [5.41, 5.74) is 7.80. The molecule has 0 aliphatic rings. The summed E-state index contributed by atoms with van der Waals surface area (Å²) in [5, 5.41) is 12.5. The van der Waals surface area contributed by atoms with Crippen molar-refractivity contribution in [1.82, 2.24) is 5.32 Å². The Morgan fingerprint density at radius 1 is 1.35 bits per heavy atom. The number of carbonyl (C=O) groups excluding carboxylic acids is 1. The summed E-state index contributed by atoms with van der Waals surface area (Å²) in [6.07, 6.45) is 0.347. The maximum atomic E-state index is 11.9. The summed E-state index contributed by atoms with van der Waals surface area (Å²) in [6.45, 7) is 6.19. The van der Waals surface area contributed by atoms with Gasteiger partial charge in [0.05, 0.1) is 6.10 Å². The van der Waals surface area contributed by atoms with Crippen LogP contribution in [0.2, 0.25) is 0 Å². The van der Waals surface area contributed by atoms with Crippen molar-refractivity contribution >= 4 is 18.3 Å². The summed E-state index contributed by atoms with van der Waals surface area (Å²) < 4.78 is 0. The van der Waals surface area contributed by atoms with E-state index in [0.29, 0.717) is 0 Å². The van der Waals surface area contributed by atoms with Crippen molar-refractivity contribution in [2.24, 2.45) is 11.7 Å². The molecule has 1 aromatic carbocycles. The molecule has 3 atom stereocenters. The zero-order valence-corrected chi connectivity index (χ0v) is 13.1. The Bertz CT molecular complexity index is 409. The molecule has 114 valence electrons. The van der Waals surface area contributed by atoms with Crippen LogP contribution in [0.25, 0.3) is 0 Å². The maximum absolute atomic E-state index is 11.9. The van der Waals surface area contributed by atoms with Gasteiger partial charge in [-0.25, -0.2) is 0 Å². The molecule has 0 aliphatic heterocycles. The molecule has 0 aliphatic carbocycles. The normalized spacial score (nSPS) is 14.8. The van der Waals surface area contributed by atoms with Gasteiger partial charge in [0, 0.05) is 6.54 Å². The van der Waals surface area contributed by atoms with Gasteiger partial charge in [0.15, 0.2) is 0 Å². The number of aryl methyl sites for hydroxylation is 1. The van der Waals surface area contributed by atoms with Crippen molar-refractivity contribution in [1.29, 1.82) is 0 Å². The number of nitrogens with one attached hydrogen (secondary N) is 1. The first-order valence-corrected chi connectivity index (χ1v) is 6.73. The number of nitrogens with two attached hydrogens (primary N) is 1. The van der Waals surface area contributed by atoms with E-state index in [1.54, 1.807) is 0 Å². The molecule has 0 bridgehead atoms. The predicted octanol–water partition coefficient (Wildman–Crippen LogP) is 1.94. The van der Waals surface area contributed by atoms with E-state index in [-0.39, 0.29) is 30.8 Å². The molecule has 4 N–H and O–H groups in total. The van der Waals surface area contributed by atoms with E-state index in [2.05, 4.69) is 5.32 Å². The van der Waals surface area contributed by atoms with Gasteiger partial charge in [-0.15, -0.1) is 12.4 Å². The fourth-order valence-corrected chi connectivity index (χ4v) is 1.71. The van der Waals surface area contributed by atoms with Gasteiger partial charge in [-0.05, 0) is 18.4 Å². The van der Waals surface area contributed by atoms with Crippen LogP contribution >= 0.6 is 12.4 Å². The predicted molar refractivity (Wildman–Crippen MR) is 83.8 cm³/mol. The number of rotatable bonds is 6. The van der Waals surface area contributed by atoms with Crippen LogP contribution in [0.4, 0.5) is 0 Å². The van der Waals surface area contributed by atoms with Gasteiger partial charge in [0.2, 0.25) is 5.91 Å². The number of amides is 1. The molecule has 1 amide bonds. The molecular formula is C15H25ClN2O2. The molecule has 3 unspecified atom stereocenters. The van der Waals surface area contributed by atoms with Crippen LogP contribution in [-0.4, -0.2) is 23.7 Å². The summed E-state index contributed by atoms with van der Waals surface area (Å²) >= 11 is 0. The lowest BCUT2D eigenvalue weighted by atomic mass is 10.0. The molecule has 20 heavy (non-hydrogen) atoms. The minimum Gasteiger partial charge on any atom is -0.391 e. The monoisotopic (exact) mass is 300 g/mol. The molecule has 5 heteroatoms. The highest BCUT2D eigenvalue weighted by Gasteiger charge is 2.18. The molecule has 0 aromatic heterocycles. The van der Waals surface area contributed by atoms with Crippen LogP contribution in [0.1, 0.15) is 37.4 Å². The molecule has 0 spiro atoms. The largest absolute Gasteiger partial charge is 0.391 e. The number of aliphatic hydroxyl groups is 1. The van der Waals surface area contributed by atoms with Gasteiger partial charge in [0.1, 0.15) is 6.04 Å². The average Bonchev–Trinajstić information content (AvgIpc) is 2.43. The van der Waals surface area contributed by atoms with Gasteiger partial charge in [-0.1, -0.05) is 50.1 Å². The number of benzene rings is 1. The van der Waals surface area contributed by atoms with Crippen LogP contribution in [0, 0.1) is 12.8 Å². The first-order chi connectivity index (χ1) is 8.95. The average molecular weight is 301 g/mol. The molecule has 0 fully saturated rings. The van der Waals surface area contributed by atoms with E-state index in [4.69, 9.17) is 5.73 Å². The second kappa shape index (κ2) is 8.95. The Hall–Kier alpha value is -1.10. The molecule has 0 saturated carbocycles. The van der Waals surface area contributed by atoms with Crippen LogP contribution in [-0.2, 0) is 4.79 Å².